The number of piperazine rings is 1. The normalized spacial score (nSPS) is 14.1. The number of rotatable bonds is 5. The number of aryl methyl sites for hydroxylation is 2. The Labute approximate surface area is 184 Å². The lowest BCUT2D eigenvalue weighted by Gasteiger charge is -2.35. The van der Waals surface area contributed by atoms with Gasteiger partial charge in [-0.2, -0.15) is 0 Å². The van der Waals surface area contributed by atoms with Crippen LogP contribution in [0.2, 0.25) is 5.02 Å². The zero-order chi connectivity index (χ0) is 21.1. The van der Waals surface area contributed by atoms with Crippen molar-refractivity contribution in [1.29, 1.82) is 0 Å². The summed E-state index contributed by atoms with van der Waals surface area (Å²) >= 11 is 7.31. The standard InChI is InChI=1S/C21H22ClN5O2S/c1-14-11-19(24-15(2)23-14)26-7-9-27(10-8-26)21(28)18-13-30-20(25-18)12-29-17-5-3-16(22)4-6-17/h3-6,11,13H,7-10,12H2,1-2H3. The number of ether oxygens (including phenoxy) is 1. The number of carbonyl (C=O) groups is 1. The largest absolute Gasteiger partial charge is 0.486 e. The fourth-order valence-corrected chi connectivity index (χ4v) is 4.12. The molecule has 1 saturated heterocycles. The molecule has 4 rings (SSSR count). The fraction of sp³-hybridized carbons (Fsp3) is 0.333. The molecule has 1 amide bonds. The molecule has 0 atom stereocenters. The van der Waals surface area contributed by atoms with Gasteiger partial charge in [-0.25, -0.2) is 15.0 Å². The van der Waals surface area contributed by atoms with Gasteiger partial charge in [-0.1, -0.05) is 11.6 Å². The topological polar surface area (TPSA) is 71.5 Å². The highest BCUT2D eigenvalue weighted by molar-refractivity contribution is 7.09. The fourth-order valence-electron chi connectivity index (χ4n) is 3.31. The third-order valence-electron chi connectivity index (χ3n) is 4.79. The summed E-state index contributed by atoms with van der Waals surface area (Å²) < 4.78 is 5.71. The van der Waals surface area contributed by atoms with Crippen molar-refractivity contribution in [3.8, 4) is 5.75 Å². The van der Waals surface area contributed by atoms with E-state index in [1.54, 1.807) is 17.5 Å². The lowest BCUT2D eigenvalue weighted by atomic mass is 10.2. The van der Waals surface area contributed by atoms with Crippen LogP contribution in [-0.2, 0) is 6.61 Å². The Morgan fingerprint density at radius 3 is 2.53 bits per heavy atom. The van der Waals surface area contributed by atoms with Gasteiger partial charge >= 0.3 is 0 Å². The third kappa shape index (κ3) is 4.88. The van der Waals surface area contributed by atoms with Crippen molar-refractivity contribution in [2.24, 2.45) is 0 Å². The average molecular weight is 444 g/mol. The van der Waals surface area contributed by atoms with Crippen LogP contribution in [0.5, 0.6) is 5.75 Å². The van der Waals surface area contributed by atoms with E-state index < -0.39 is 0 Å². The minimum absolute atomic E-state index is 0.0429. The van der Waals surface area contributed by atoms with E-state index in [9.17, 15) is 4.79 Å². The average Bonchev–Trinajstić information content (AvgIpc) is 3.21. The van der Waals surface area contributed by atoms with E-state index in [2.05, 4.69) is 19.9 Å². The second-order valence-corrected chi connectivity index (χ2v) is 8.44. The summed E-state index contributed by atoms with van der Waals surface area (Å²) in [6, 6.07) is 9.15. The van der Waals surface area contributed by atoms with Gasteiger partial charge in [0.15, 0.2) is 0 Å². The number of aromatic nitrogens is 3. The first-order valence-electron chi connectivity index (χ1n) is 9.67. The molecule has 1 aliphatic heterocycles. The Balaban J connectivity index is 1.32. The van der Waals surface area contributed by atoms with Crippen molar-refractivity contribution in [1.82, 2.24) is 19.9 Å². The second-order valence-electron chi connectivity index (χ2n) is 7.06. The van der Waals surface area contributed by atoms with Gasteiger partial charge in [0.1, 0.15) is 34.7 Å². The summed E-state index contributed by atoms with van der Waals surface area (Å²) in [5.74, 6) is 2.36. The van der Waals surface area contributed by atoms with Crippen LogP contribution >= 0.6 is 22.9 Å². The van der Waals surface area contributed by atoms with E-state index in [1.807, 2.05) is 36.9 Å². The van der Waals surface area contributed by atoms with Crippen molar-refractivity contribution in [3.63, 3.8) is 0 Å². The van der Waals surface area contributed by atoms with Crippen LogP contribution in [-0.4, -0.2) is 51.9 Å². The van der Waals surface area contributed by atoms with E-state index in [4.69, 9.17) is 16.3 Å². The molecule has 3 aromatic rings. The molecule has 0 radical (unpaired) electrons. The van der Waals surface area contributed by atoms with Crippen LogP contribution in [0, 0.1) is 13.8 Å². The first-order chi connectivity index (χ1) is 14.5. The van der Waals surface area contributed by atoms with E-state index in [0.717, 1.165) is 35.4 Å². The molecule has 0 N–H and O–H groups in total. The van der Waals surface area contributed by atoms with Crippen LogP contribution in [0.4, 0.5) is 5.82 Å². The molecule has 3 heterocycles. The van der Waals surface area contributed by atoms with Gasteiger partial charge in [0.25, 0.3) is 5.91 Å². The first-order valence-corrected chi connectivity index (χ1v) is 10.9. The highest BCUT2D eigenvalue weighted by atomic mass is 35.5. The number of benzene rings is 1. The maximum Gasteiger partial charge on any atom is 0.273 e. The number of carbonyl (C=O) groups excluding carboxylic acids is 1. The summed E-state index contributed by atoms with van der Waals surface area (Å²) in [7, 11) is 0. The third-order valence-corrected chi connectivity index (χ3v) is 5.86. The predicted molar refractivity (Wildman–Crippen MR) is 118 cm³/mol. The zero-order valence-corrected chi connectivity index (χ0v) is 18.4. The number of hydrogen-bond acceptors (Lipinski definition) is 7. The molecular weight excluding hydrogens is 422 g/mol. The van der Waals surface area contributed by atoms with Gasteiger partial charge < -0.3 is 14.5 Å². The summed E-state index contributed by atoms with van der Waals surface area (Å²) in [6.07, 6.45) is 0. The lowest BCUT2D eigenvalue weighted by Crippen LogP contribution is -2.49. The zero-order valence-electron chi connectivity index (χ0n) is 16.8. The maximum atomic E-state index is 12.8. The van der Waals surface area contributed by atoms with E-state index in [1.165, 1.54) is 11.3 Å². The molecule has 0 unspecified atom stereocenters. The summed E-state index contributed by atoms with van der Waals surface area (Å²) in [4.78, 5) is 30.2. The molecule has 30 heavy (non-hydrogen) atoms. The Morgan fingerprint density at radius 1 is 1.10 bits per heavy atom. The molecule has 2 aromatic heterocycles. The highest BCUT2D eigenvalue weighted by Gasteiger charge is 2.24. The molecule has 9 heteroatoms. The van der Waals surface area contributed by atoms with E-state index >= 15 is 0 Å². The number of nitrogens with zero attached hydrogens (tertiary/aromatic N) is 5. The van der Waals surface area contributed by atoms with Crippen molar-refractivity contribution >= 4 is 34.7 Å². The number of anilines is 1. The number of halogens is 1. The molecule has 156 valence electrons. The van der Waals surface area contributed by atoms with Gasteiger partial charge in [0.2, 0.25) is 0 Å². The molecule has 1 aromatic carbocycles. The van der Waals surface area contributed by atoms with Crippen LogP contribution in [0.1, 0.15) is 27.0 Å². The maximum absolute atomic E-state index is 12.8. The minimum atomic E-state index is -0.0429. The van der Waals surface area contributed by atoms with Gasteiger partial charge in [-0.05, 0) is 38.1 Å². The van der Waals surface area contributed by atoms with Crippen molar-refractivity contribution in [3.05, 3.63) is 63.0 Å². The quantitative estimate of drug-likeness (QED) is 0.598. The highest BCUT2D eigenvalue weighted by Crippen LogP contribution is 2.20. The smallest absolute Gasteiger partial charge is 0.273 e. The van der Waals surface area contributed by atoms with Crippen LogP contribution < -0.4 is 9.64 Å². The summed E-state index contributed by atoms with van der Waals surface area (Å²) in [6.45, 7) is 6.92. The Hall–Kier alpha value is -2.71. The molecule has 0 bridgehead atoms. The van der Waals surface area contributed by atoms with Gasteiger partial charge in [-0.15, -0.1) is 11.3 Å². The Kier molecular flexibility index (Phi) is 6.15. The molecule has 0 saturated carbocycles. The number of thiazole rings is 1. The molecule has 1 fully saturated rings. The molecule has 1 aliphatic rings. The summed E-state index contributed by atoms with van der Waals surface area (Å²) in [5.41, 5.74) is 1.42. The van der Waals surface area contributed by atoms with Crippen molar-refractivity contribution < 1.29 is 9.53 Å². The predicted octanol–water partition coefficient (Wildman–Crippen LogP) is 3.74. The van der Waals surface area contributed by atoms with Gasteiger partial charge in [0.05, 0.1) is 0 Å². The van der Waals surface area contributed by atoms with E-state index in [0.29, 0.717) is 36.2 Å². The Bertz CT molecular complexity index is 1010. The van der Waals surface area contributed by atoms with Crippen LogP contribution in [0.25, 0.3) is 0 Å². The SMILES string of the molecule is Cc1cc(N2CCN(C(=O)c3csc(COc4ccc(Cl)cc4)n3)CC2)nc(C)n1. The minimum Gasteiger partial charge on any atom is -0.486 e. The van der Waals surface area contributed by atoms with Crippen molar-refractivity contribution in [2.45, 2.75) is 20.5 Å². The monoisotopic (exact) mass is 443 g/mol. The van der Waals surface area contributed by atoms with Gasteiger partial charge in [-0.3, -0.25) is 4.79 Å². The molecule has 7 nitrogen and oxygen atoms in total. The molecular formula is C21H22ClN5O2S. The first kappa shape index (κ1) is 20.6. The van der Waals surface area contributed by atoms with Gasteiger partial charge in [0, 0.05) is 48.3 Å². The van der Waals surface area contributed by atoms with Crippen LogP contribution in [0.15, 0.2) is 35.7 Å². The number of hydrogen-bond donors (Lipinski definition) is 0. The van der Waals surface area contributed by atoms with Crippen molar-refractivity contribution in [2.75, 3.05) is 31.1 Å². The Morgan fingerprint density at radius 2 is 1.83 bits per heavy atom. The van der Waals surface area contributed by atoms with E-state index in [-0.39, 0.29) is 5.91 Å². The number of amides is 1. The second kappa shape index (κ2) is 8.97. The summed E-state index contributed by atoms with van der Waals surface area (Å²) in [5, 5.41) is 3.22. The lowest BCUT2D eigenvalue weighted by molar-refractivity contribution is 0.0741. The molecule has 0 spiro atoms. The molecule has 0 aliphatic carbocycles. The van der Waals surface area contributed by atoms with Crippen LogP contribution in [0.3, 0.4) is 0 Å².